The number of nitro groups is 1. The van der Waals surface area contributed by atoms with E-state index in [0.717, 1.165) is 10.1 Å². The van der Waals surface area contributed by atoms with Crippen LogP contribution in [0.3, 0.4) is 0 Å². The second-order valence-electron chi connectivity index (χ2n) is 8.16. The van der Waals surface area contributed by atoms with Gasteiger partial charge in [-0.3, -0.25) is 24.0 Å². The number of aliphatic hydroxyl groups excluding tert-OH is 1. The Morgan fingerprint density at radius 3 is 2.56 bits per heavy atom. The van der Waals surface area contributed by atoms with Crippen LogP contribution >= 0.6 is 0 Å². The van der Waals surface area contributed by atoms with Crippen molar-refractivity contribution in [2.75, 3.05) is 6.61 Å². The molecule has 1 aliphatic rings. The molecule has 2 heterocycles. The zero-order valence-electron chi connectivity index (χ0n) is 18.6. The van der Waals surface area contributed by atoms with E-state index in [2.05, 4.69) is 0 Å². The molecule has 1 N–H and O–H groups in total. The molecule has 4 rings (SSSR count). The summed E-state index contributed by atoms with van der Waals surface area (Å²) in [5.41, 5.74) is 0.621. The number of aliphatic hydroxyl groups is 1. The van der Waals surface area contributed by atoms with Crippen molar-refractivity contribution >= 4 is 5.69 Å². The Balaban J connectivity index is 1.57. The number of benzene rings is 2. The lowest BCUT2D eigenvalue weighted by atomic mass is 10.1. The zero-order chi connectivity index (χ0) is 24.2. The third-order valence-electron chi connectivity index (χ3n) is 5.86. The monoisotopic (exact) mass is 467 g/mol. The Kier molecular flexibility index (Phi) is 7.01. The summed E-state index contributed by atoms with van der Waals surface area (Å²) in [7, 11) is 0. The fourth-order valence-corrected chi connectivity index (χ4v) is 4.09. The molecule has 3 atom stereocenters. The highest BCUT2D eigenvalue weighted by Gasteiger charge is 2.37. The van der Waals surface area contributed by atoms with Crippen molar-refractivity contribution in [2.45, 2.75) is 44.9 Å². The number of aryl methyl sites for hydroxylation is 1. The molecule has 1 fully saturated rings. The van der Waals surface area contributed by atoms with E-state index in [4.69, 9.17) is 9.47 Å². The van der Waals surface area contributed by atoms with Crippen LogP contribution in [0.1, 0.15) is 29.3 Å². The van der Waals surface area contributed by atoms with Crippen molar-refractivity contribution in [2.24, 2.45) is 0 Å². The van der Waals surface area contributed by atoms with Gasteiger partial charge in [-0.2, -0.15) is 0 Å². The second kappa shape index (κ2) is 10.1. The van der Waals surface area contributed by atoms with Crippen molar-refractivity contribution < 1.29 is 19.5 Å². The van der Waals surface area contributed by atoms with Gasteiger partial charge in [0.15, 0.2) is 0 Å². The lowest BCUT2D eigenvalue weighted by Crippen LogP contribution is -2.42. The Bertz CT molecular complexity index is 1290. The lowest BCUT2D eigenvalue weighted by Gasteiger charge is -2.17. The first kappa shape index (κ1) is 23.6. The summed E-state index contributed by atoms with van der Waals surface area (Å²) in [6, 6.07) is 15.4. The molecule has 178 valence electrons. The van der Waals surface area contributed by atoms with E-state index in [9.17, 15) is 24.8 Å². The molecule has 1 saturated heterocycles. The number of ether oxygens (including phenoxy) is 2. The highest BCUT2D eigenvalue weighted by molar-refractivity contribution is 5.39. The van der Waals surface area contributed by atoms with Gasteiger partial charge in [0.05, 0.1) is 36.3 Å². The molecule has 3 aromatic rings. The minimum atomic E-state index is -0.762. The number of nitro benzene ring substituents is 1. The fourth-order valence-electron chi connectivity index (χ4n) is 4.09. The van der Waals surface area contributed by atoms with Gasteiger partial charge < -0.3 is 14.6 Å². The van der Waals surface area contributed by atoms with Gasteiger partial charge >= 0.3 is 5.69 Å². The zero-order valence-corrected chi connectivity index (χ0v) is 18.6. The van der Waals surface area contributed by atoms with Crippen molar-refractivity contribution in [3.05, 3.63) is 108 Å². The minimum absolute atomic E-state index is 0.0458. The summed E-state index contributed by atoms with van der Waals surface area (Å²) in [4.78, 5) is 36.7. The Hall–Kier alpha value is -3.60. The minimum Gasteiger partial charge on any atom is -0.394 e. The average molecular weight is 467 g/mol. The third kappa shape index (κ3) is 4.84. The van der Waals surface area contributed by atoms with Crippen LogP contribution in [0.2, 0.25) is 0 Å². The number of rotatable bonds is 8. The molecule has 34 heavy (non-hydrogen) atoms. The molecule has 10 heteroatoms. The fraction of sp³-hybridized carbons (Fsp3) is 0.333. The SMILES string of the molecule is Cc1cn([C@H]2CC(OCc3ccccc3[N+](=O)[O-])[C@@H](CO)O2)c(=O)n(Cc2ccccc2)c1=O. The molecule has 10 nitrogen and oxygen atoms in total. The maximum absolute atomic E-state index is 13.2. The maximum atomic E-state index is 13.2. The van der Waals surface area contributed by atoms with Crippen LogP contribution in [-0.2, 0) is 22.6 Å². The summed E-state index contributed by atoms with van der Waals surface area (Å²) in [5.74, 6) is 0. The van der Waals surface area contributed by atoms with Gasteiger partial charge in [0.1, 0.15) is 12.3 Å². The molecule has 1 aromatic heterocycles. The summed E-state index contributed by atoms with van der Waals surface area (Å²) in [6.45, 7) is 1.35. The number of aromatic nitrogens is 2. The van der Waals surface area contributed by atoms with E-state index in [1.807, 2.05) is 30.3 Å². The quantitative estimate of drug-likeness (QED) is 0.397. The Morgan fingerprint density at radius 2 is 1.85 bits per heavy atom. The van der Waals surface area contributed by atoms with E-state index in [-0.39, 0.29) is 37.4 Å². The normalized spacial score (nSPS) is 19.9. The molecular formula is C24H25N3O7. The van der Waals surface area contributed by atoms with Gasteiger partial charge in [0.25, 0.3) is 11.2 Å². The van der Waals surface area contributed by atoms with E-state index >= 15 is 0 Å². The summed E-state index contributed by atoms with van der Waals surface area (Å²) in [5, 5.41) is 21.1. The summed E-state index contributed by atoms with van der Waals surface area (Å²) in [6.07, 6.45) is -0.405. The topological polar surface area (TPSA) is 126 Å². The van der Waals surface area contributed by atoms with Crippen LogP contribution in [0, 0.1) is 17.0 Å². The third-order valence-corrected chi connectivity index (χ3v) is 5.86. The van der Waals surface area contributed by atoms with Gasteiger partial charge in [0, 0.05) is 24.2 Å². The van der Waals surface area contributed by atoms with E-state index in [0.29, 0.717) is 11.1 Å². The van der Waals surface area contributed by atoms with E-state index in [1.54, 1.807) is 25.1 Å². The highest BCUT2D eigenvalue weighted by Crippen LogP contribution is 2.31. The molecule has 0 amide bonds. The predicted octanol–water partition coefficient (Wildman–Crippen LogP) is 2.14. The van der Waals surface area contributed by atoms with Gasteiger partial charge in [0.2, 0.25) is 0 Å². The molecule has 0 radical (unpaired) electrons. The van der Waals surface area contributed by atoms with E-state index < -0.39 is 29.0 Å². The average Bonchev–Trinajstić information content (AvgIpc) is 3.26. The van der Waals surface area contributed by atoms with Crippen LogP contribution in [0.4, 0.5) is 5.69 Å². The van der Waals surface area contributed by atoms with Crippen molar-refractivity contribution in [3.8, 4) is 0 Å². The molecule has 1 aliphatic heterocycles. The second-order valence-corrected chi connectivity index (χ2v) is 8.16. The van der Waals surface area contributed by atoms with E-state index in [1.165, 1.54) is 16.8 Å². The standard InChI is InChI=1S/C24H25N3O7/c1-16-12-25(24(30)26(23(16)29)13-17-7-3-2-4-8-17)22-11-20(21(14-28)34-22)33-15-18-9-5-6-10-19(18)27(31)32/h2-10,12,20-22,28H,11,13-15H2,1H3/t20?,21-,22-/m1/s1. The smallest absolute Gasteiger partial charge is 0.333 e. The van der Waals surface area contributed by atoms with Gasteiger partial charge in [-0.05, 0) is 18.6 Å². The first-order chi connectivity index (χ1) is 16.4. The molecule has 0 bridgehead atoms. The first-order valence-electron chi connectivity index (χ1n) is 10.9. The van der Waals surface area contributed by atoms with Crippen molar-refractivity contribution in [3.63, 3.8) is 0 Å². The Morgan fingerprint density at radius 1 is 1.15 bits per heavy atom. The maximum Gasteiger partial charge on any atom is 0.333 e. The summed E-state index contributed by atoms with van der Waals surface area (Å²) >= 11 is 0. The van der Waals surface area contributed by atoms with Gasteiger partial charge in [-0.25, -0.2) is 4.79 Å². The molecule has 0 aliphatic carbocycles. The number of hydrogen-bond acceptors (Lipinski definition) is 7. The van der Waals surface area contributed by atoms with Crippen molar-refractivity contribution in [1.82, 2.24) is 9.13 Å². The molecule has 2 aromatic carbocycles. The van der Waals surface area contributed by atoms with Gasteiger partial charge in [-0.1, -0.05) is 42.5 Å². The predicted molar refractivity (Wildman–Crippen MR) is 123 cm³/mol. The summed E-state index contributed by atoms with van der Waals surface area (Å²) < 4.78 is 14.3. The molecular weight excluding hydrogens is 442 g/mol. The van der Waals surface area contributed by atoms with Crippen molar-refractivity contribution in [1.29, 1.82) is 0 Å². The van der Waals surface area contributed by atoms with Crippen LogP contribution in [0.15, 0.2) is 70.4 Å². The number of para-hydroxylation sites is 1. The largest absolute Gasteiger partial charge is 0.394 e. The molecule has 0 spiro atoms. The number of nitrogens with zero attached hydrogens (tertiary/aromatic N) is 3. The lowest BCUT2D eigenvalue weighted by molar-refractivity contribution is -0.386. The van der Waals surface area contributed by atoms with Gasteiger partial charge in [-0.15, -0.1) is 0 Å². The number of hydrogen-bond donors (Lipinski definition) is 1. The molecule has 1 unspecified atom stereocenters. The van der Waals surface area contributed by atoms with Crippen LogP contribution in [0.25, 0.3) is 0 Å². The molecule has 0 saturated carbocycles. The van der Waals surface area contributed by atoms with Crippen LogP contribution < -0.4 is 11.2 Å². The Labute approximate surface area is 194 Å². The van der Waals surface area contributed by atoms with Crippen LogP contribution in [-0.4, -0.2) is 38.0 Å². The van der Waals surface area contributed by atoms with Crippen LogP contribution in [0.5, 0.6) is 0 Å². The highest BCUT2D eigenvalue weighted by atomic mass is 16.6. The first-order valence-corrected chi connectivity index (χ1v) is 10.9.